The minimum atomic E-state index is -0.242. The number of nitrogens with zero attached hydrogens (tertiary/aromatic N) is 1. The van der Waals surface area contributed by atoms with E-state index in [4.69, 9.17) is 4.84 Å². The number of hydrogen-bond donors (Lipinski definition) is 0. The maximum atomic E-state index is 13.1. The molecule has 1 aliphatic heterocycles. The van der Waals surface area contributed by atoms with Gasteiger partial charge in [-0.1, -0.05) is 21.7 Å². The van der Waals surface area contributed by atoms with Crippen molar-refractivity contribution in [3.8, 4) is 0 Å². The highest BCUT2D eigenvalue weighted by molar-refractivity contribution is 8.28. The standard InChI is InChI=1S/C11H12FNOS/c1-7-4-5-9(12)6-10(7)11-14-13-8(2)15(11)3/h4-6H,1-3H3/t15-/m1/s1. The van der Waals surface area contributed by atoms with Crippen LogP contribution in [-0.2, 0) is 4.84 Å². The van der Waals surface area contributed by atoms with E-state index in [1.807, 2.05) is 20.1 Å². The molecule has 15 heavy (non-hydrogen) atoms. The number of benzene rings is 1. The van der Waals surface area contributed by atoms with Crippen molar-refractivity contribution in [3.05, 3.63) is 35.1 Å². The second-order valence-corrected chi connectivity index (χ2v) is 5.44. The lowest BCUT2D eigenvalue weighted by Crippen LogP contribution is -2.03. The molecule has 0 aliphatic carbocycles. The summed E-state index contributed by atoms with van der Waals surface area (Å²) < 4.78 is 13.1. The van der Waals surface area contributed by atoms with Gasteiger partial charge in [0.05, 0.1) is 0 Å². The molecule has 0 radical (unpaired) electrons. The predicted octanol–water partition coefficient (Wildman–Crippen LogP) is 2.87. The Kier molecular flexibility index (Phi) is 2.61. The molecule has 0 saturated heterocycles. The maximum absolute atomic E-state index is 13.1. The minimum Gasteiger partial charge on any atom is -0.349 e. The molecule has 0 aromatic heterocycles. The zero-order valence-electron chi connectivity index (χ0n) is 8.87. The molecule has 80 valence electrons. The third kappa shape index (κ3) is 1.81. The van der Waals surface area contributed by atoms with E-state index in [1.54, 1.807) is 6.07 Å². The van der Waals surface area contributed by atoms with Crippen molar-refractivity contribution in [1.82, 2.24) is 0 Å². The molecule has 2 rings (SSSR count). The molecule has 1 heterocycles. The molecule has 1 aliphatic rings. The number of halogens is 1. The van der Waals surface area contributed by atoms with Crippen LogP contribution < -0.4 is 0 Å². The zero-order chi connectivity index (χ0) is 11.0. The third-order valence-electron chi connectivity index (χ3n) is 2.40. The van der Waals surface area contributed by atoms with Crippen LogP contribution in [0, 0.1) is 12.7 Å². The van der Waals surface area contributed by atoms with Crippen LogP contribution in [0.2, 0.25) is 0 Å². The van der Waals surface area contributed by atoms with Gasteiger partial charge in [0.1, 0.15) is 10.9 Å². The van der Waals surface area contributed by atoms with E-state index >= 15 is 0 Å². The van der Waals surface area contributed by atoms with Crippen molar-refractivity contribution < 1.29 is 9.23 Å². The van der Waals surface area contributed by atoms with Crippen LogP contribution in [0.1, 0.15) is 18.1 Å². The molecule has 0 saturated carbocycles. The molecule has 0 spiro atoms. The summed E-state index contributed by atoms with van der Waals surface area (Å²) >= 11 is 0. The van der Waals surface area contributed by atoms with E-state index in [0.717, 1.165) is 21.2 Å². The average Bonchev–Trinajstić information content (AvgIpc) is 2.52. The monoisotopic (exact) mass is 225 g/mol. The Balaban J connectivity index is 2.52. The second-order valence-electron chi connectivity index (χ2n) is 3.46. The van der Waals surface area contributed by atoms with Crippen molar-refractivity contribution in [2.75, 3.05) is 6.26 Å². The normalized spacial score (nSPS) is 20.1. The Morgan fingerprint density at radius 1 is 1.33 bits per heavy atom. The summed E-state index contributed by atoms with van der Waals surface area (Å²) in [6, 6.07) is 4.71. The smallest absolute Gasteiger partial charge is 0.195 e. The Morgan fingerprint density at radius 2 is 2.07 bits per heavy atom. The molecule has 0 amide bonds. The lowest BCUT2D eigenvalue weighted by Gasteiger charge is -2.06. The van der Waals surface area contributed by atoms with Gasteiger partial charge in [-0.2, -0.15) is 0 Å². The number of oxime groups is 1. The van der Waals surface area contributed by atoms with Crippen LogP contribution in [0.25, 0.3) is 0 Å². The summed E-state index contributed by atoms with van der Waals surface area (Å²) in [5, 5.41) is 5.64. The molecule has 0 bridgehead atoms. The first-order valence-electron chi connectivity index (χ1n) is 4.60. The minimum absolute atomic E-state index is 0.147. The van der Waals surface area contributed by atoms with E-state index in [2.05, 4.69) is 5.16 Å². The van der Waals surface area contributed by atoms with Crippen LogP contribution in [0.4, 0.5) is 4.39 Å². The SMILES string of the molecule is CC1=NOC(c2cc(F)ccc2C)=[S@@]1C. The second kappa shape index (κ2) is 3.77. The highest BCUT2D eigenvalue weighted by Gasteiger charge is 2.18. The van der Waals surface area contributed by atoms with Crippen LogP contribution in [0.3, 0.4) is 0 Å². The van der Waals surface area contributed by atoms with E-state index in [0.29, 0.717) is 0 Å². The maximum Gasteiger partial charge on any atom is 0.195 e. The van der Waals surface area contributed by atoms with Gasteiger partial charge in [0.25, 0.3) is 0 Å². The van der Waals surface area contributed by atoms with Crippen LogP contribution in [0.5, 0.6) is 0 Å². The highest BCUT2D eigenvalue weighted by Crippen LogP contribution is 2.26. The number of rotatable bonds is 1. The molecule has 0 N–H and O–H groups in total. The van der Waals surface area contributed by atoms with Crippen molar-refractivity contribution in [1.29, 1.82) is 0 Å². The molecule has 4 heteroatoms. The first-order valence-corrected chi connectivity index (χ1v) is 6.24. The van der Waals surface area contributed by atoms with E-state index < -0.39 is 0 Å². The fraction of sp³-hybridized carbons (Fsp3) is 0.273. The van der Waals surface area contributed by atoms with Crippen LogP contribution >= 0.6 is 10.5 Å². The topological polar surface area (TPSA) is 21.6 Å². The molecule has 1 atom stereocenters. The largest absolute Gasteiger partial charge is 0.349 e. The van der Waals surface area contributed by atoms with Gasteiger partial charge in [0.2, 0.25) is 0 Å². The predicted molar refractivity (Wildman–Crippen MR) is 63.0 cm³/mol. The van der Waals surface area contributed by atoms with Gasteiger partial charge in [-0.3, -0.25) is 0 Å². The average molecular weight is 225 g/mol. The van der Waals surface area contributed by atoms with Crippen LogP contribution in [0.15, 0.2) is 23.4 Å². The molecular weight excluding hydrogens is 213 g/mol. The van der Waals surface area contributed by atoms with Gasteiger partial charge in [0.15, 0.2) is 5.05 Å². The number of aryl methyl sites for hydroxylation is 1. The van der Waals surface area contributed by atoms with Crippen LogP contribution in [-0.4, -0.2) is 16.4 Å². The molecule has 0 fully saturated rings. The Hall–Kier alpha value is -1.16. The Morgan fingerprint density at radius 3 is 2.67 bits per heavy atom. The van der Waals surface area contributed by atoms with Gasteiger partial charge in [-0.25, -0.2) is 4.39 Å². The van der Waals surface area contributed by atoms with Gasteiger partial charge in [-0.05, 0) is 37.8 Å². The van der Waals surface area contributed by atoms with Crippen molar-refractivity contribution in [2.24, 2.45) is 5.16 Å². The fourth-order valence-corrected chi connectivity index (χ4v) is 2.50. The van der Waals surface area contributed by atoms with Crippen molar-refractivity contribution in [2.45, 2.75) is 13.8 Å². The fourth-order valence-electron chi connectivity index (χ4n) is 1.38. The lowest BCUT2D eigenvalue weighted by molar-refractivity contribution is 0.342. The first kappa shape index (κ1) is 10.4. The quantitative estimate of drug-likeness (QED) is 0.673. The molecule has 1 aromatic rings. The van der Waals surface area contributed by atoms with Gasteiger partial charge in [-0.15, -0.1) is 0 Å². The van der Waals surface area contributed by atoms with Crippen molar-refractivity contribution in [3.63, 3.8) is 0 Å². The lowest BCUT2D eigenvalue weighted by atomic mass is 10.1. The summed E-state index contributed by atoms with van der Waals surface area (Å²) in [7, 11) is -0.147. The molecular formula is C11H12FNOS. The molecule has 0 unspecified atom stereocenters. The van der Waals surface area contributed by atoms with E-state index in [9.17, 15) is 4.39 Å². The molecule has 1 aromatic carbocycles. The summed E-state index contributed by atoms with van der Waals surface area (Å²) in [6.45, 7) is 3.86. The third-order valence-corrected chi connectivity index (χ3v) is 4.21. The van der Waals surface area contributed by atoms with Gasteiger partial charge in [0, 0.05) is 5.56 Å². The highest BCUT2D eigenvalue weighted by atomic mass is 32.2. The molecule has 2 nitrogen and oxygen atoms in total. The zero-order valence-corrected chi connectivity index (χ0v) is 9.69. The number of hydrogen-bond acceptors (Lipinski definition) is 2. The summed E-state index contributed by atoms with van der Waals surface area (Å²) in [6.07, 6.45) is 2.03. The van der Waals surface area contributed by atoms with Gasteiger partial charge >= 0.3 is 0 Å². The summed E-state index contributed by atoms with van der Waals surface area (Å²) in [5.41, 5.74) is 1.83. The van der Waals surface area contributed by atoms with Crippen molar-refractivity contribution >= 4 is 20.6 Å². The van der Waals surface area contributed by atoms with E-state index in [-0.39, 0.29) is 16.3 Å². The first-order chi connectivity index (χ1) is 7.09. The van der Waals surface area contributed by atoms with E-state index in [1.165, 1.54) is 12.1 Å². The Labute approximate surface area is 90.7 Å². The summed E-state index contributed by atoms with van der Waals surface area (Å²) in [5.74, 6) is -0.242. The van der Waals surface area contributed by atoms with Gasteiger partial charge < -0.3 is 4.84 Å². The summed E-state index contributed by atoms with van der Waals surface area (Å²) in [4.78, 5) is 5.25. The Bertz CT molecular complexity index is 479.